The van der Waals surface area contributed by atoms with Gasteiger partial charge in [-0.3, -0.25) is 14.9 Å². The van der Waals surface area contributed by atoms with Gasteiger partial charge in [-0.25, -0.2) is 13.2 Å². The second-order valence-electron chi connectivity index (χ2n) is 6.74. The Morgan fingerprint density at radius 1 is 1.14 bits per heavy atom. The standard InChI is InChI=1S/C18H24N4O6S/c1-2-28-13-3-5-14(6-4-13)29(26,27)22-11-9-21(10-12-22)16(23)8-7-15-17(24)20-18(25)19-15/h3-6,15H,2,7-12H2,1H3,(H2,19,20,24,25). The number of piperazine rings is 1. The smallest absolute Gasteiger partial charge is 0.322 e. The Hall–Kier alpha value is -2.66. The summed E-state index contributed by atoms with van der Waals surface area (Å²) in [5.41, 5.74) is 0. The Morgan fingerprint density at radius 3 is 2.34 bits per heavy atom. The fourth-order valence-corrected chi connectivity index (χ4v) is 4.71. The van der Waals surface area contributed by atoms with Gasteiger partial charge in [0.25, 0.3) is 5.91 Å². The van der Waals surface area contributed by atoms with Crippen LogP contribution in [0.3, 0.4) is 0 Å². The van der Waals surface area contributed by atoms with Crippen LogP contribution in [-0.4, -0.2) is 74.3 Å². The maximum absolute atomic E-state index is 12.8. The predicted octanol–water partition coefficient (Wildman–Crippen LogP) is -0.0936. The third-order valence-electron chi connectivity index (χ3n) is 4.87. The highest BCUT2D eigenvalue weighted by Gasteiger charge is 2.32. The number of urea groups is 1. The molecule has 2 aliphatic rings. The van der Waals surface area contributed by atoms with E-state index in [0.29, 0.717) is 12.4 Å². The van der Waals surface area contributed by atoms with Crippen molar-refractivity contribution in [1.29, 1.82) is 0 Å². The number of imide groups is 1. The van der Waals surface area contributed by atoms with E-state index in [1.54, 1.807) is 17.0 Å². The minimum atomic E-state index is -3.64. The summed E-state index contributed by atoms with van der Waals surface area (Å²) in [6, 6.07) is 5.01. The van der Waals surface area contributed by atoms with Gasteiger partial charge in [-0.2, -0.15) is 4.31 Å². The molecule has 0 bridgehead atoms. The molecule has 0 spiro atoms. The van der Waals surface area contributed by atoms with Crippen LogP contribution < -0.4 is 15.4 Å². The molecule has 0 aliphatic carbocycles. The Kier molecular flexibility index (Phi) is 6.38. The van der Waals surface area contributed by atoms with Crippen LogP contribution in [0.2, 0.25) is 0 Å². The van der Waals surface area contributed by atoms with Crippen LogP contribution in [0.4, 0.5) is 4.79 Å². The number of ether oxygens (including phenoxy) is 1. The lowest BCUT2D eigenvalue weighted by atomic mass is 10.1. The molecule has 1 aromatic rings. The maximum Gasteiger partial charge on any atom is 0.322 e. The van der Waals surface area contributed by atoms with Crippen molar-refractivity contribution >= 4 is 27.9 Å². The zero-order valence-corrected chi connectivity index (χ0v) is 16.9. The highest BCUT2D eigenvalue weighted by molar-refractivity contribution is 7.89. The summed E-state index contributed by atoms with van der Waals surface area (Å²) in [6.07, 6.45) is 0.311. The summed E-state index contributed by atoms with van der Waals surface area (Å²) >= 11 is 0. The molecule has 0 radical (unpaired) electrons. The lowest BCUT2D eigenvalue weighted by Gasteiger charge is -2.34. The van der Waals surface area contributed by atoms with E-state index in [4.69, 9.17) is 4.74 Å². The van der Waals surface area contributed by atoms with Gasteiger partial charge in [0.2, 0.25) is 15.9 Å². The SMILES string of the molecule is CCOc1ccc(S(=O)(=O)N2CCN(C(=O)CCC3NC(=O)NC3=O)CC2)cc1. The Balaban J connectivity index is 1.52. The van der Waals surface area contributed by atoms with Gasteiger partial charge in [0.05, 0.1) is 11.5 Å². The molecule has 4 amide bonds. The topological polar surface area (TPSA) is 125 Å². The van der Waals surface area contributed by atoms with E-state index >= 15 is 0 Å². The largest absolute Gasteiger partial charge is 0.494 e. The number of rotatable bonds is 7. The Bertz CT molecular complexity index is 878. The van der Waals surface area contributed by atoms with Crippen molar-refractivity contribution in [2.75, 3.05) is 32.8 Å². The van der Waals surface area contributed by atoms with Gasteiger partial charge >= 0.3 is 6.03 Å². The van der Waals surface area contributed by atoms with Crippen LogP contribution in [0.1, 0.15) is 19.8 Å². The molecule has 29 heavy (non-hydrogen) atoms. The van der Waals surface area contributed by atoms with E-state index in [2.05, 4.69) is 10.6 Å². The first kappa shape index (κ1) is 21.1. The molecule has 11 heteroatoms. The lowest BCUT2D eigenvalue weighted by molar-refractivity contribution is -0.132. The van der Waals surface area contributed by atoms with Crippen LogP contribution in [0.25, 0.3) is 0 Å². The molecular formula is C18H24N4O6S. The van der Waals surface area contributed by atoms with E-state index in [1.807, 2.05) is 6.92 Å². The minimum Gasteiger partial charge on any atom is -0.494 e. The fourth-order valence-electron chi connectivity index (χ4n) is 3.29. The number of benzene rings is 1. The number of nitrogens with one attached hydrogen (secondary N) is 2. The second kappa shape index (κ2) is 8.78. The van der Waals surface area contributed by atoms with Crippen molar-refractivity contribution in [3.63, 3.8) is 0 Å². The predicted molar refractivity (Wildman–Crippen MR) is 103 cm³/mol. The second-order valence-corrected chi connectivity index (χ2v) is 8.68. The molecule has 2 N–H and O–H groups in total. The normalized spacial score (nSPS) is 20.3. The van der Waals surface area contributed by atoms with Gasteiger partial charge in [-0.1, -0.05) is 0 Å². The highest BCUT2D eigenvalue weighted by Crippen LogP contribution is 2.21. The van der Waals surface area contributed by atoms with Crippen molar-refractivity contribution in [3.05, 3.63) is 24.3 Å². The van der Waals surface area contributed by atoms with Crippen molar-refractivity contribution in [2.24, 2.45) is 0 Å². The summed E-state index contributed by atoms with van der Waals surface area (Å²) in [7, 11) is -3.64. The molecule has 2 heterocycles. The van der Waals surface area contributed by atoms with Gasteiger partial charge in [0.1, 0.15) is 11.8 Å². The summed E-state index contributed by atoms with van der Waals surface area (Å²) in [6.45, 7) is 3.30. The molecule has 0 saturated carbocycles. The summed E-state index contributed by atoms with van der Waals surface area (Å²) in [5, 5.41) is 4.58. The average molecular weight is 424 g/mol. The molecule has 2 aliphatic heterocycles. The average Bonchev–Trinajstić information content (AvgIpc) is 3.04. The molecule has 1 aromatic carbocycles. The monoisotopic (exact) mass is 424 g/mol. The zero-order chi connectivity index (χ0) is 21.0. The van der Waals surface area contributed by atoms with Crippen LogP contribution >= 0.6 is 0 Å². The van der Waals surface area contributed by atoms with E-state index < -0.39 is 28.0 Å². The van der Waals surface area contributed by atoms with Gasteiger partial charge in [-0.05, 0) is 37.6 Å². The maximum atomic E-state index is 12.8. The Morgan fingerprint density at radius 2 is 1.79 bits per heavy atom. The zero-order valence-electron chi connectivity index (χ0n) is 16.1. The fraction of sp³-hybridized carbons (Fsp3) is 0.500. The molecule has 1 unspecified atom stereocenters. The first-order chi connectivity index (χ1) is 13.8. The van der Waals surface area contributed by atoms with Crippen LogP contribution in [0.15, 0.2) is 29.2 Å². The van der Waals surface area contributed by atoms with Gasteiger partial charge in [-0.15, -0.1) is 0 Å². The van der Waals surface area contributed by atoms with Crippen molar-refractivity contribution in [2.45, 2.75) is 30.7 Å². The van der Waals surface area contributed by atoms with Gasteiger partial charge in [0, 0.05) is 32.6 Å². The molecule has 10 nitrogen and oxygen atoms in total. The number of sulfonamides is 1. The van der Waals surface area contributed by atoms with Crippen LogP contribution in [0.5, 0.6) is 5.75 Å². The summed E-state index contributed by atoms with van der Waals surface area (Å²) in [4.78, 5) is 36.8. The molecule has 1 atom stereocenters. The van der Waals surface area contributed by atoms with Gasteiger partial charge in [0.15, 0.2) is 0 Å². The minimum absolute atomic E-state index is 0.101. The molecule has 158 valence electrons. The molecule has 0 aromatic heterocycles. The first-order valence-electron chi connectivity index (χ1n) is 9.43. The quantitative estimate of drug-likeness (QED) is 0.589. The van der Waals surface area contributed by atoms with Crippen molar-refractivity contribution in [3.8, 4) is 5.75 Å². The third kappa shape index (κ3) is 4.85. The van der Waals surface area contributed by atoms with E-state index in [1.165, 1.54) is 16.4 Å². The van der Waals surface area contributed by atoms with Crippen LogP contribution in [-0.2, 0) is 19.6 Å². The van der Waals surface area contributed by atoms with Gasteiger partial charge < -0.3 is 15.0 Å². The Labute approximate surface area is 169 Å². The number of amides is 4. The first-order valence-corrected chi connectivity index (χ1v) is 10.9. The molecule has 2 saturated heterocycles. The number of carbonyl (C=O) groups excluding carboxylic acids is 3. The molecule has 2 fully saturated rings. The van der Waals surface area contributed by atoms with Crippen LogP contribution in [0, 0.1) is 0 Å². The number of hydrogen-bond acceptors (Lipinski definition) is 6. The van der Waals surface area contributed by atoms with Crippen molar-refractivity contribution in [1.82, 2.24) is 19.8 Å². The number of hydrogen-bond donors (Lipinski definition) is 2. The summed E-state index contributed by atoms with van der Waals surface area (Å²) < 4.78 is 32.3. The van der Waals surface area contributed by atoms with E-state index in [9.17, 15) is 22.8 Å². The molecular weight excluding hydrogens is 400 g/mol. The lowest BCUT2D eigenvalue weighted by Crippen LogP contribution is -2.50. The number of nitrogens with zero attached hydrogens (tertiary/aromatic N) is 2. The number of carbonyl (C=O) groups is 3. The third-order valence-corrected chi connectivity index (χ3v) is 6.78. The highest BCUT2D eigenvalue weighted by atomic mass is 32.2. The summed E-state index contributed by atoms with van der Waals surface area (Å²) in [5.74, 6) is 0.000123. The van der Waals surface area contributed by atoms with Crippen molar-refractivity contribution < 1.29 is 27.5 Å². The van der Waals surface area contributed by atoms with E-state index in [-0.39, 0.29) is 49.8 Å². The van der Waals surface area contributed by atoms with E-state index in [0.717, 1.165) is 0 Å². The molecule has 3 rings (SSSR count).